The van der Waals surface area contributed by atoms with E-state index in [9.17, 15) is 5.11 Å². The lowest BCUT2D eigenvalue weighted by Crippen LogP contribution is -2.54. The first-order valence-corrected chi connectivity index (χ1v) is 6.44. The Bertz CT molecular complexity index is 368. The van der Waals surface area contributed by atoms with Gasteiger partial charge in [0.15, 0.2) is 0 Å². The molecule has 0 spiro atoms. The van der Waals surface area contributed by atoms with Crippen LogP contribution in [-0.2, 0) is 4.74 Å². The summed E-state index contributed by atoms with van der Waals surface area (Å²) in [5.74, 6) is 0. The predicted molar refractivity (Wildman–Crippen MR) is 68.1 cm³/mol. The maximum atomic E-state index is 10.6. The van der Waals surface area contributed by atoms with Crippen molar-refractivity contribution in [2.45, 2.75) is 31.9 Å². The first-order valence-electron chi connectivity index (χ1n) is 6.44. The Balaban J connectivity index is 2.20. The summed E-state index contributed by atoms with van der Waals surface area (Å²) in [5, 5.41) is 10.6. The van der Waals surface area contributed by atoms with Gasteiger partial charge in [-0.05, 0) is 13.3 Å². The molecule has 1 aliphatic rings. The lowest BCUT2D eigenvalue weighted by molar-refractivity contribution is -0.0736. The standard InChI is InChI=1S/C13H21N3O2/c1-3-13(2,16-4-6-18-7-5-16)12(17)11-8-14-10-15-9-11/h8-10,12,17H,3-7H2,1-2H3. The van der Waals surface area contributed by atoms with Gasteiger partial charge in [0.25, 0.3) is 0 Å². The summed E-state index contributed by atoms with van der Waals surface area (Å²) < 4.78 is 5.38. The van der Waals surface area contributed by atoms with Gasteiger partial charge >= 0.3 is 0 Å². The van der Waals surface area contributed by atoms with Crippen molar-refractivity contribution in [1.82, 2.24) is 14.9 Å². The quantitative estimate of drug-likeness (QED) is 0.865. The smallest absolute Gasteiger partial charge is 0.115 e. The van der Waals surface area contributed by atoms with Crippen LogP contribution in [0.4, 0.5) is 0 Å². The summed E-state index contributed by atoms with van der Waals surface area (Å²) in [6.45, 7) is 7.36. The summed E-state index contributed by atoms with van der Waals surface area (Å²) in [6.07, 6.45) is 5.14. The topological polar surface area (TPSA) is 58.5 Å². The summed E-state index contributed by atoms with van der Waals surface area (Å²) in [6, 6.07) is 0. The van der Waals surface area contributed by atoms with E-state index in [1.54, 1.807) is 12.4 Å². The third-order valence-electron chi connectivity index (χ3n) is 3.93. The van der Waals surface area contributed by atoms with Crippen LogP contribution in [0.3, 0.4) is 0 Å². The highest BCUT2D eigenvalue weighted by Gasteiger charge is 2.39. The molecule has 1 saturated heterocycles. The summed E-state index contributed by atoms with van der Waals surface area (Å²) in [5.41, 5.74) is 0.474. The fraction of sp³-hybridized carbons (Fsp3) is 0.692. The molecule has 2 unspecified atom stereocenters. The Labute approximate surface area is 108 Å². The average molecular weight is 251 g/mol. The molecule has 0 radical (unpaired) electrons. The first-order chi connectivity index (χ1) is 8.68. The Morgan fingerprint density at radius 1 is 1.39 bits per heavy atom. The fourth-order valence-corrected chi connectivity index (χ4v) is 2.47. The highest BCUT2D eigenvalue weighted by molar-refractivity contribution is 5.13. The Morgan fingerprint density at radius 3 is 2.56 bits per heavy atom. The molecular formula is C13H21N3O2. The fourth-order valence-electron chi connectivity index (χ4n) is 2.47. The molecule has 5 heteroatoms. The number of nitrogens with zero attached hydrogens (tertiary/aromatic N) is 3. The molecule has 0 bridgehead atoms. The van der Waals surface area contributed by atoms with Crippen molar-refractivity contribution in [3.05, 3.63) is 24.3 Å². The molecule has 1 aliphatic heterocycles. The van der Waals surface area contributed by atoms with Crippen molar-refractivity contribution in [3.63, 3.8) is 0 Å². The van der Waals surface area contributed by atoms with Gasteiger partial charge in [0.1, 0.15) is 12.4 Å². The molecule has 100 valence electrons. The normalized spacial score (nSPS) is 22.4. The van der Waals surface area contributed by atoms with Gasteiger partial charge < -0.3 is 9.84 Å². The molecule has 1 aromatic heterocycles. The molecule has 1 aromatic rings. The number of ether oxygens (including phenoxy) is 1. The summed E-state index contributed by atoms with van der Waals surface area (Å²) in [7, 11) is 0. The maximum Gasteiger partial charge on any atom is 0.115 e. The van der Waals surface area contributed by atoms with E-state index in [2.05, 4.69) is 28.7 Å². The molecule has 1 fully saturated rings. The van der Waals surface area contributed by atoms with Gasteiger partial charge in [-0.2, -0.15) is 0 Å². The van der Waals surface area contributed by atoms with Crippen molar-refractivity contribution in [2.24, 2.45) is 0 Å². The second kappa shape index (κ2) is 5.73. The number of rotatable bonds is 4. The van der Waals surface area contributed by atoms with Gasteiger partial charge in [0, 0.05) is 36.6 Å². The minimum atomic E-state index is -0.582. The lowest BCUT2D eigenvalue weighted by atomic mass is 9.86. The molecule has 0 amide bonds. The minimum absolute atomic E-state index is 0.297. The highest BCUT2D eigenvalue weighted by Crippen LogP contribution is 2.34. The number of hydrogen-bond donors (Lipinski definition) is 1. The zero-order valence-electron chi connectivity index (χ0n) is 11.0. The molecule has 0 aliphatic carbocycles. The number of aromatic nitrogens is 2. The SMILES string of the molecule is CCC(C)(C(O)c1cncnc1)N1CCOCC1. The summed E-state index contributed by atoms with van der Waals surface area (Å²) in [4.78, 5) is 10.3. The van der Waals surface area contributed by atoms with Crippen LogP contribution in [0.25, 0.3) is 0 Å². The molecule has 18 heavy (non-hydrogen) atoms. The van der Waals surface area contributed by atoms with Crippen LogP contribution in [0, 0.1) is 0 Å². The second-order valence-electron chi connectivity index (χ2n) is 4.88. The van der Waals surface area contributed by atoms with Gasteiger partial charge in [-0.25, -0.2) is 9.97 Å². The van der Waals surface area contributed by atoms with Gasteiger partial charge in [-0.1, -0.05) is 6.92 Å². The van der Waals surface area contributed by atoms with E-state index in [4.69, 9.17) is 4.74 Å². The van der Waals surface area contributed by atoms with Gasteiger partial charge in [0.05, 0.1) is 13.2 Å². The van der Waals surface area contributed by atoms with Crippen LogP contribution < -0.4 is 0 Å². The van der Waals surface area contributed by atoms with Crippen LogP contribution in [0.2, 0.25) is 0 Å². The largest absolute Gasteiger partial charge is 0.386 e. The average Bonchev–Trinajstić information content (AvgIpc) is 2.47. The molecule has 2 heterocycles. The number of aliphatic hydroxyl groups is 1. The van der Waals surface area contributed by atoms with Crippen molar-refractivity contribution in [1.29, 1.82) is 0 Å². The van der Waals surface area contributed by atoms with Crippen LogP contribution in [0.5, 0.6) is 0 Å². The lowest BCUT2D eigenvalue weighted by Gasteiger charge is -2.45. The molecule has 0 aromatic carbocycles. The van der Waals surface area contributed by atoms with Gasteiger partial charge in [-0.15, -0.1) is 0 Å². The number of morpholine rings is 1. The van der Waals surface area contributed by atoms with Crippen LogP contribution >= 0.6 is 0 Å². The Hall–Kier alpha value is -1.04. The molecule has 5 nitrogen and oxygen atoms in total. The second-order valence-corrected chi connectivity index (χ2v) is 4.88. The van der Waals surface area contributed by atoms with Crippen molar-refractivity contribution in [3.8, 4) is 0 Å². The van der Waals surface area contributed by atoms with Crippen molar-refractivity contribution >= 4 is 0 Å². The van der Waals surface area contributed by atoms with Crippen molar-refractivity contribution < 1.29 is 9.84 Å². The van der Waals surface area contributed by atoms with Crippen LogP contribution in [0.15, 0.2) is 18.7 Å². The number of hydrogen-bond acceptors (Lipinski definition) is 5. The maximum absolute atomic E-state index is 10.6. The molecule has 2 atom stereocenters. The zero-order chi connectivity index (χ0) is 13.0. The summed E-state index contributed by atoms with van der Waals surface area (Å²) >= 11 is 0. The third kappa shape index (κ3) is 2.53. The van der Waals surface area contributed by atoms with E-state index in [0.29, 0.717) is 0 Å². The number of aliphatic hydroxyl groups excluding tert-OH is 1. The van der Waals surface area contributed by atoms with Gasteiger partial charge in [-0.3, -0.25) is 4.90 Å². The van der Waals surface area contributed by atoms with E-state index >= 15 is 0 Å². The van der Waals surface area contributed by atoms with E-state index in [-0.39, 0.29) is 5.54 Å². The molecule has 2 rings (SSSR count). The van der Waals surface area contributed by atoms with Crippen molar-refractivity contribution in [2.75, 3.05) is 26.3 Å². The highest BCUT2D eigenvalue weighted by atomic mass is 16.5. The van der Waals surface area contributed by atoms with Gasteiger partial charge in [0.2, 0.25) is 0 Å². The van der Waals surface area contributed by atoms with E-state index in [1.165, 1.54) is 6.33 Å². The van der Waals surface area contributed by atoms with E-state index < -0.39 is 6.10 Å². The van der Waals surface area contributed by atoms with E-state index in [1.807, 2.05) is 0 Å². The van der Waals surface area contributed by atoms with Crippen LogP contribution in [-0.4, -0.2) is 51.8 Å². The van der Waals surface area contributed by atoms with E-state index in [0.717, 1.165) is 38.3 Å². The van der Waals surface area contributed by atoms with Crippen LogP contribution in [0.1, 0.15) is 31.9 Å². The Morgan fingerprint density at radius 2 is 2.00 bits per heavy atom. The zero-order valence-corrected chi connectivity index (χ0v) is 11.0. The molecular weight excluding hydrogens is 230 g/mol. The molecule has 1 N–H and O–H groups in total. The minimum Gasteiger partial charge on any atom is -0.386 e. The Kier molecular flexibility index (Phi) is 4.27. The first kappa shape index (κ1) is 13.4. The predicted octanol–water partition coefficient (Wildman–Crippen LogP) is 1.01. The monoisotopic (exact) mass is 251 g/mol. The third-order valence-corrected chi connectivity index (χ3v) is 3.93. The molecule has 0 saturated carbocycles.